The van der Waals surface area contributed by atoms with Gasteiger partial charge in [-0.2, -0.15) is 0 Å². The molecule has 25 heavy (non-hydrogen) atoms. The normalized spacial score (nSPS) is 18.8. The Hall–Kier alpha value is -1.55. The minimum atomic E-state index is -0.125. The van der Waals surface area contributed by atoms with Gasteiger partial charge in [-0.3, -0.25) is 9.69 Å². The zero-order valence-corrected chi connectivity index (χ0v) is 16.4. The van der Waals surface area contributed by atoms with Crippen LogP contribution in [-0.4, -0.2) is 43.6 Å². The number of hydrogen-bond acceptors (Lipinski definition) is 3. The molecule has 1 N–H and O–H groups in total. The number of carbonyl (C=O) groups is 1. The van der Waals surface area contributed by atoms with Gasteiger partial charge >= 0.3 is 0 Å². The number of carbonyl (C=O) groups excluding carboxylic acids is 1. The van der Waals surface area contributed by atoms with Gasteiger partial charge in [-0.05, 0) is 62.4 Å². The molecule has 1 heterocycles. The van der Waals surface area contributed by atoms with Gasteiger partial charge in [0, 0.05) is 12.6 Å². The lowest BCUT2D eigenvalue weighted by molar-refractivity contribution is -0.123. The SMILES string of the molecule is COc1ccc(C(C(=O)NCC(C)N2CCC(C)CC2)C(C)C)cc1. The molecule has 0 bridgehead atoms. The molecule has 2 atom stereocenters. The van der Waals surface area contributed by atoms with E-state index >= 15 is 0 Å². The molecule has 1 fully saturated rings. The van der Waals surface area contributed by atoms with E-state index < -0.39 is 0 Å². The highest BCUT2D eigenvalue weighted by atomic mass is 16.5. The highest BCUT2D eigenvalue weighted by Gasteiger charge is 2.26. The fourth-order valence-corrected chi connectivity index (χ4v) is 3.61. The van der Waals surface area contributed by atoms with Crippen molar-refractivity contribution in [2.45, 2.75) is 52.5 Å². The lowest BCUT2D eigenvalue weighted by Gasteiger charge is -2.35. The highest BCUT2D eigenvalue weighted by Crippen LogP contribution is 2.26. The van der Waals surface area contributed by atoms with Crippen LogP contribution in [-0.2, 0) is 4.79 Å². The van der Waals surface area contributed by atoms with Crippen LogP contribution in [0.3, 0.4) is 0 Å². The van der Waals surface area contributed by atoms with Crippen molar-refractivity contribution in [2.24, 2.45) is 11.8 Å². The van der Waals surface area contributed by atoms with Crippen molar-refractivity contribution in [1.29, 1.82) is 0 Å². The third-order valence-electron chi connectivity index (χ3n) is 5.44. The molecule has 1 amide bonds. The number of benzene rings is 1. The molecule has 140 valence electrons. The van der Waals surface area contributed by atoms with Crippen LogP contribution < -0.4 is 10.1 Å². The second kappa shape index (κ2) is 9.23. The molecule has 0 saturated carbocycles. The van der Waals surface area contributed by atoms with Crippen LogP contribution in [0.2, 0.25) is 0 Å². The smallest absolute Gasteiger partial charge is 0.227 e. The Balaban J connectivity index is 1.93. The predicted molar refractivity (Wildman–Crippen MR) is 103 cm³/mol. The summed E-state index contributed by atoms with van der Waals surface area (Å²) in [4.78, 5) is 15.3. The van der Waals surface area contributed by atoms with Crippen molar-refractivity contribution in [3.8, 4) is 5.75 Å². The van der Waals surface area contributed by atoms with E-state index in [1.54, 1.807) is 7.11 Å². The molecule has 2 rings (SSSR count). The van der Waals surface area contributed by atoms with Gasteiger partial charge in [0.1, 0.15) is 5.75 Å². The predicted octanol–water partition coefficient (Wildman–Crippen LogP) is 3.67. The van der Waals surface area contributed by atoms with Crippen LogP contribution in [0.5, 0.6) is 5.75 Å². The van der Waals surface area contributed by atoms with Crippen molar-refractivity contribution in [1.82, 2.24) is 10.2 Å². The molecule has 4 nitrogen and oxygen atoms in total. The molecular weight excluding hydrogens is 312 g/mol. The number of methoxy groups -OCH3 is 1. The fraction of sp³-hybridized carbons (Fsp3) is 0.667. The Morgan fingerprint density at radius 3 is 2.32 bits per heavy atom. The molecule has 1 aliphatic heterocycles. The summed E-state index contributed by atoms with van der Waals surface area (Å²) >= 11 is 0. The Kier molecular flexibility index (Phi) is 7.30. The summed E-state index contributed by atoms with van der Waals surface area (Å²) in [5.74, 6) is 1.90. The number of nitrogens with one attached hydrogen (secondary N) is 1. The quantitative estimate of drug-likeness (QED) is 0.819. The number of piperidine rings is 1. The second-order valence-electron chi connectivity index (χ2n) is 7.81. The van der Waals surface area contributed by atoms with Crippen LogP contribution in [0.1, 0.15) is 52.0 Å². The molecule has 0 aromatic heterocycles. The number of nitrogens with zero attached hydrogens (tertiary/aromatic N) is 1. The molecule has 1 aliphatic rings. The van der Waals surface area contributed by atoms with Gasteiger partial charge in [0.2, 0.25) is 5.91 Å². The standard InChI is InChI=1S/C21H34N2O2/c1-15(2)20(18-6-8-19(25-5)9-7-18)21(24)22-14-17(4)23-12-10-16(3)11-13-23/h6-9,15-17,20H,10-14H2,1-5H3,(H,22,24). The first-order valence-corrected chi connectivity index (χ1v) is 9.58. The van der Waals surface area contributed by atoms with Crippen molar-refractivity contribution in [2.75, 3.05) is 26.7 Å². The maximum atomic E-state index is 12.8. The Morgan fingerprint density at radius 1 is 1.20 bits per heavy atom. The second-order valence-corrected chi connectivity index (χ2v) is 7.81. The molecule has 1 aromatic carbocycles. The lowest BCUT2D eigenvalue weighted by atomic mass is 9.87. The average molecular weight is 347 g/mol. The molecular formula is C21H34N2O2. The maximum absolute atomic E-state index is 12.8. The highest BCUT2D eigenvalue weighted by molar-refractivity contribution is 5.84. The Labute approximate surface area is 152 Å². The van der Waals surface area contributed by atoms with Gasteiger partial charge in [0.25, 0.3) is 0 Å². The number of amides is 1. The largest absolute Gasteiger partial charge is 0.497 e. The van der Waals surface area contributed by atoms with Crippen LogP contribution in [0.4, 0.5) is 0 Å². The molecule has 1 saturated heterocycles. The Morgan fingerprint density at radius 2 is 1.80 bits per heavy atom. The van der Waals surface area contributed by atoms with E-state index in [4.69, 9.17) is 4.74 Å². The van der Waals surface area contributed by atoms with E-state index in [9.17, 15) is 4.79 Å². The number of hydrogen-bond donors (Lipinski definition) is 1. The molecule has 2 unspecified atom stereocenters. The van der Waals surface area contributed by atoms with Crippen LogP contribution >= 0.6 is 0 Å². The minimum Gasteiger partial charge on any atom is -0.497 e. The zero-order valence-electron chi connectivity index (χ0n) is 16.4. The van der Waals surface area contributed by atoms with Crippen molar-refractivity contribution in [3.05, 3.63) is 29.8 Å². The van der Waals surface area contributed by atoms with E-state index in [1.807, 2.05) is 24.3 Å². The van der Waals surface area contributed by atoms with E-state index in [0.717, 1.165) is 30.3 Å². The van der Waals surface area contributed by atoms with E-state index in [-0.39, 0.29) is 17.7 Å². The summed E-state index contributed by atoms with van der Waals surface area (Å²) in [7, 11) is 1.66. The molecule has 0 radical (unpaired) electrons. The number of ether oxygens (including phenoxy) is 1. The van der Waals surface area contributed by atoms with Gasteiger partial charge in [-0.25, -0.2) is 0 Å². The molecule has 1 aromatic rings. The van der Waals surface area contributed by atoms with E-state index in [0.29, 0.717) is 12.6 Å². The summed E-state index contributed by atoms with van der Waals surface area (Å²) in [5.41, 5.74) is 1.05. The van der Waals surface area contributed by atoms with E-state index in [1.165, 1.54) is 12.8 Å². The van der Waals surface area contributed by atoms with Crippen molar-refractivity contribution in [3.63, 3.8) is 0 Å². The fourth-order valence-electron chi connectivity index (χ4n) is 3.61. The van der Waals surface area contributed by atoms with Gasteiger partial charge in [-0.1, -0.05) is 32.9 Å². The molecule has 0 aliphatic carbocycles. The first kappa shape index (κ1) is 19.8. The zero-order chi connectivity index (χ0) is 18.4. The van der Waals surface area contributed by atoms with Crippen LogP contribution in [0, 0.1) is 11.8 Å². The van der Waals surface area contributed by atoms with Crippen molar-refractivity contribution >= 4 is 5.91 Å². The first-order valence-electron chi connectivity index (χ1n) is 9.58. The summed E-state index contributed by atoms with van der Waals surface area (Å²) in [6.07, 6.45) is 2.53. The number of likely N-dealkylation sites (tertiary alicyclic amines) is 1. The monoisotopic (exact) mass is 346 g/mol. The van der Waals surface area contributed by atoms with Gasteiger partial charge in [-0.15, -0.1) is 0 Å². The van der Waals surface area contributed by atoms with Gasteiger partial charge in [0.05, 0.1) is 13.0 Å². The Bertz CT molecular complexity index is 533. The third-order valence-corrected chi connectivity index (χ3v) is 5.44. The van der Waals surface area contributed by atoms with Crippen LogP contribution in [0.15, 0.2) is 24.3 Å². The van der Waals surface area contributed by atoms with E-state index in [2.05, 4.69) is 37.9 Å². The lowest BCUT2D eigenvalue weighted by Crippen LogP contribution is -2.46. The van der Waals surface area contributed by atoms with Crippen LogP contribution in [0.25, 0.3) is 0 Å². The first-order chi connectivity index (χ1) is 11.9. The summed E-state index contributed by atoms with van der Waals surface area (Å²) in [6, 6.07) is 8.24. The topological polar surface area (TPSA) is 41.6 Å². The average Bonchev–Trinajstić information content (AvgIpc) is 2.60. The molecule has 0 spiro atoms. The summed E-state index contributed by atoms with van der Waals surface area (Å²) in [6.45, 7) is 11.7. The third kappa shape index (κ3) is 5.46. The van der Waals surface area contributed by atoms with Gasteiger partial charge in [0.15, 0.2) is 0 Å². The number of rotatable bonds is 7. The summed E-state index contributed by atoms with van der Waals surface area (Å²) < 4.78 is 5.22. The van der Waals surface area contributed by atoms with Crippen molar-refractivity contribution < 1.29 is 9.53 Å². The minimum absolute atomic E-state index is 0.123. The molecule has 4 heteroatoms. The summed E-state index contributed by atoms with van der Waals surface area (Å²) in [5, 5.41) is 3.19. The maximum Gasteiger partial charge on any atom is 0.227 e. The van der Waals surface area contributed by atoms with Gasteiger partial charge < -0.3 is 10.1 Å².